The third-order valence-electron chi connectivity index (χ3n) is 2.71. The lowest BCUT2D eigenvalue weighted by atomic mass is 10.2. The van der Waals surface area contributed by atoms with E-state index in [1.807, 2.05) is 6.07 Å². The molecule has 0 fully saturated rings. The highest BCUT2D eigenvalue weighted by Crippen LogP contribution is 2.14. The molecule has 23 heavy (non-hydrogen) atoms. The van der Waals surface area contributed by atoms with Gasteiger partial charge in [0.05, 0.1) is 10.6 Å². The van der Waals surface area contributed by atoms with Crippen LogP contribution in [0.25, 0.3) is 0 Å². The fraction of sp³-hybridized carbons (Fsp3) is 0. The van der Waals surface area contributed by atoms with Gasteiger partial charge in [0, 0.05) is 22.2 Å². The van der Waals surface area contributed by atoms with E-state index in [0.717, 1.165) is 4.47 Å². The summed E-state index contributed by atoms with van der Waals surface area (Å²) in [5, 5.41) is 13.1. The van der Waals surface area contributed by atoms with Gasteiger partial charge in [0.25, 0.3) is 11.6 Å². The number of non-ortho nitro benzene ring substituents is 1. The van der Waals surface area contributed by atoms with Gasteiger partial charge in [-0.1, -0.05) is 22.0 Å². The first kappa shape index (κ1) is 16.8. The Morgan fingerprint density at radius 2 is 1.87 bits per heavy atom. The SMILES string of the molecule is O=C(NC(=S)NNc1ccc([N+](=O)[O-])cc1)c1cccc(Br)c1. The predicted octanol–water partition coefficient (Wildman–Crippen LogP) is 2.99. The maximum Gasteiger partial charge on any atom is 0.269 e. The lowest BCUT2D eigenvalue weighted by Gasteiger charge is -2.11. The lowest BCUT2D eigenvalue weighted by Crippen LogP contribution is -2.41. The third-order valence-corrected chi connectivity index (χ3v) is 3.41. The maximum absolute atomic E-state index is 12.0. The van der Waals surface area contributed by atoms with E-state index < -0.39 is 4.92 Å². The smallest absolute Gasteiger partial charge is 0.269 e. The van der Waals surface area contributed by atoms with Crippen LogP contribution >= 0.6 is 28.1 Å². The molecule has 2 aromatic carbocycles. The number of amides is 1. The van der Waals surface area contributed by atoms with E-state index in [1.165, 1.54) is 24.3 Å². The molecule has 0 atom stereocenters. The standard InChI is InChI=1S/C14H11BrN4O3S/c15-10-3-1-2-9(8-10)13(20)16-14(23)18-17-11-4-6-12(7-5-11)19(21)22/h1-8,17H,(H2,16,18,20,23). The van der Waals surface area contributed by atoms with Crippen molar-refractivity contribution in [3.8, 4) is 0 Å². The number of rotatable bonds is 4. The molecular weight excluding hydrogens is 384 g/mol. The molecular formula is C14H11BrN4O3S. The Morgan fingerprint density at radius 3 is 2.48 bits per heavy atom. The van der Waals surface area contributed by atoms with Crippen LogP contribution in [0, 0.1) is 10.1 Å². The summed E-state index contributed by atoms with van der Waals surface area (Å²) < 4.78 is 0.785. The third kappa shape index (κ3) is 5.01. The van der Waals surface area contributed by atoms with Gasteiger partial charge in [0.2, 0.25) is 0 Å². The van der Waals surface area contributed by atoms with Crippen LogP contribution in [0.1, 0.15) is 10.4 Å². The van der Waals surface area contributed by atoms with Crippen molar-refractivity contribution in [3.05, 3.63) is 68.7 Å². The van der Waals surface area contributed by atoms with Crippen molar-refractivity contribution in [3.63, 3.8) is 0 Å². The first-order valence-electron chi connectivity index (χ1n) is 6.33. The number of nitro groups is 1. The number of hydrazine groups is 1. The maximum atomic E-state index is 12.0. The summed E-state index contributed by atoms with van der Waals surface area (Å²) in [5.74, 6) is -0.353. The molecule has 0 bridgehead atoms. The average Bonchev–Trinajstić information content (AvgIpc) is 2.53. The molecule has 3 N–H and O–H groups in total. The van der Waals surface area contributed by atoms with Gasteiger partial charge < -0.3 is 0 Å². The highest BCUT2D eigenvalue weighted by atomic mass is 79.9. The summed E-state index contributed by atoms with van der Waals surface area (Å²) in [6, 6.07) is 12.6. The van der Waals surface area contributed by atoms with E-state index in [2.05, 4.69) is 32.1 Å². The molecule has 0 saturated carbocycles. The van der Waals surface area contributed by atoms with E-state index in [4.69, 9.17) is 12.2 Å². The number of benzene rings is 2. The molecule has 2 rings (SSSR count). The predicted molar refractivity (Wildman–Crippen MR) is 94.1 cm³/mol. The Hall–Kier alpha value is -2.52. The average molecular weight is 395 g/mol. The first-order valence-corrected chi connectivity index (χ1v) is 7.53. The Bertz CT molecular complexity index is 752. The largest absolute Gasteiger partial charge is 0.299 e. The topological polar surface area (TPSA) is 96.3 Å². The first-order chi connectivity index (χ1) is 11.0. The molecule has 0 radical (unpaired) electrons. The van der Waals surface area contributed by atoms with Gasteiger partial charge >= 0.3 is 0 Å². The van der Waals surface area contributed by atoms with E-state index in [1.54, 1.807) is 18.2 Å². The summed E-state index contributed by atoms with van der Waals surface area (Å²) in [5.41, 5.74) is 6.38. The number of hydrogen-bond acceptors (Lipinski definition) is 5. The number of nitro benzene ring substituents is 1. The molecule has 0 heterocycles. The van der Waals surface area contributed by atoms with Crippen LogP contribution < -0.4 is 16.2 Å². The molecule has 0 aliphatic rings. The van der Waals surface area contributed by atoms with Crippen LogP contribution in [0.15, 0.2) is 53.0 Å². The molecule has 7 nitrogen and oxygen atoms in total. The number of hydrogen-bond donors (Lipinski definition) is 3. The van der Waals surface area contributed by atoms with Crippen LogP contribution in [-0.2, 0) is 0 Å². The van der Waals surface area contributed by atoms with Gasteiger partial charge in [0.15, 0.2) is 5.11 Å². The second-order valence-electron chi connectivity index (χ2n) is 4.35. The molecule has 0 aliphatic heterocycles. The fourth-order valence-electron chi connectivity index (χ4n) is 1.63. The second kappa shape index (κ2) is 7.65. The fourth-order valence-corrected chi connectivity index (χ4v) is 2.17. The van der Waals surface area contributed by atoms with Crippen molar-refractivity contribution in [2.75, 3.05) is 5.43 Å². The second-order valence-corrected chi connectivity index (χ2v) is 5.67. The zero-order valence-electron chi connectivity index (χ0n) is 11.6. The van der Waals surface area contributed by atoms with Crippen LogP contribution in [0.2, 0.25) is 0 Å². The molecule has 9 heteroatoms. The van der Waals surface area contributed by atoms with Crippen molar-refractivity contribution in [1.29, 1.82) is 0 Å². The number of carbonyl (C=O) groups excluding carboxylic acids is 1. The summed E-state index contributed by atoms with van der Waals surface area (Å²) >= 11 is 8.29. The van der Waals surface area contributed by atoms with Crippen molar-refractivity contribution >= 4 is 50.5 Å². The Labute approximate surface area is 145 Å². The van der Waals surface area contributed by atoms with Crippen LogP contribution in [0.4, 0.5) is 11.4 Å². The zero-order chi connectivity index (χ0) is 16.8. The van der Waals surface area contributed by atoms with E-state index in [9.17, 15) is 14.9 Å². The zero-order valence-corrected chi connectivity index (χ0v) is 14.0. The van der Waals surface area contributed by atoms with Gasteiger partial charge in [-0.2, -0.15) is 0 Å². The minimum absolute atomic E-state index is 0.0129. The monoisotopic (exact) mass is 394 g/mol. The Morgan fingerprint density at radius 1 is 1.17 bits per heavy atom. The molecule has 118 valence electrons. The Balaban J connectivity index is 1.87. The van der Waals surface area contributed by atoms with Crippen molar-refractivity contribution < 1.29 is 9.72 Å². The minimum Gasteiger partial charge on any atom is -0.299 e. The molecule has 0 aliphatic carbocycles. The minimum atomic E-state index is -0.486. The number of nitrogens with zero attached hydrogens (tertiary/aromatic N) is 1. The molecule has 2 aromatic rings. The highest BCUT2D eigenvalue weighted by Gasteiger charge is 2.08. The summed E-state index contributed by atoms with van der Waals surface area (Å²) in [6.07, 6.45) is 0. The van der Waals surface area contributed by atoms with E-state index in [-0.39, 0.29) is 16.7 Å². The molecule has 1 amide bonds. The number of thiocarbonyl (C=S) groups is 1. The Kier molecular flexibility index (Phi) is 5.61. The van der Waals surface area contributed by atoms with E-state index in [0.29, 0.717) is 11.3 Å². The molecule has 0 unspecified atom stereocenters. The number of halogens is 1. The van der Waals surface area contributed by atoms with Gasteiger partial charge in [-0.25, -0.2) is 0 Å². The quantitative estimate of drug-likeness (QED) is 0.419. The molecule has 0 aromatic heterocycles. The van der Waals surface area contributed by atoms with Gasteiger partial charge in [-0.15, -0.1) is 0 Å². The van der Waals surface area contributed by atoms with Gasteiger partial charge in [0.1, 0.15) is 0 Å². The van der Waals surface area contributed by atoms with Gasteiger partial charge in [-0.05, 0) is 42.5 Å². The summed E-state index contributed by atoms with van der Waals surface area (Å²) in [4.78, 5) is 22.0. The number of nitrogens with one attached hydrogen (secondary N) is 3. The summed E-state index contributed by atoms with van der Waals surface area (Å²) in [6.45, 7) is 0. The van der Waals surface area contributed by atoms with E-state index >= 15 is 0 Å². The van der Waals surface area contributed by atoms with Crippen LogP contribution in [0.3, 0.4) is 0 Å². The van der Waals surface area contributed by atoms with Crippen LogP contribution in [0.5, 0.6) is 0 Å². The highest BCUT2D eigenvalue weighted by molar-refractivity contribution is 9.10. The van der Waals surface area contributed by atoms with Crippen molar-refractivity contribution in [1.82, 2.24) is 10.7 Å². The lowest BCUT2D eigenvalue weighted by molar-refractivity contribution is -0.384. The normalized spacial score (nSPS) is 9.78. The molecule has 0 saturated heterocycles. The van der Waals surface area contributed by atoms with Crippen LogP contribution in [-0.4, -0.2) is 15.9 Å². The number of carbonyl (C=O) groups is 1. The summed E-state index contributed by atoms with van der Waals surface area (Å²) in [7, 11) is 0. The van der Waals surface area contributed by atoms with Crippen molar-refractivity contribution in [2.45, 2.75) is 0 Å². The number of anilines is 1. The van der Waals surface area contributed by atoms with Crippen molar-refractivity contribution in [2.24, 2.45) is 0 Å². The molecule has 0 spiro atoms. The van der Waals surface area contributed by atoms with Gasteiger partial charge in [-0.3, -0.25) is 31.1 Å².